The number of nitrogens with two attached hydrogens (primary N) is 1. The molecule has 0 fully saturated rings. The second-order valence-electron chi connectivity index (χ2n) is 4.33. The summed E-state index contributed by atoms with van der Waals surface area (Å²) >= 11 is 0. The topological polar surface area (TPSA) is 68.1 Å². The second kappa shape index (κ2) is 4.33. The van der Waals surface area contributed by atoms with Crippen molar-refractivity contribution in [3.05, 3.63) is 28.7 Å². The molecular weight excluding hydrogens is 235 g/mol. The van der Waals surface area contributed by atoms with E-state index in [1.807, 2.05) is 6.92 Å². The van der Waals surface area contributed by atoms with Crippen LogP contribution in [-0.4, -0.2) is 18.0 Å². The van der Waals surface area contributed by atoms with Crippen LogP contribution >= 0.6 is 0 Å². The number of benzene rings is 1. The number of ether oxygens (including phenoxy) is 1. The number of aryl methyl sites for hydroxylation is 2. The molecule has 0 bridgehead atoms. The van der Waals surface area contributed by atoms with Gasteiger partial charge in [0.15, 0.2) is 11.6 Å². The van der Waals surface area contributed by atoms with E-state index in [9.17, 15) is 9.18 Å². The fraction of sp³-hybridized carbons (Fsp3) is 0.308. The first-order valence-corrected chi connectivity index (χ1v) is 5.58. The predicted molar refractivity (Wildman–Crippen MR) is 67.2 cm³/mol. The van der Waals surface area contributed by atoms with Crippen molar-refractivity contribution in [2.75, 3.05) is 7.11 Å². The molecule has 0 aliphatic rings. The van der Waals surface area contributed by atoms with Gasteiger partial charge in [-0.3, -0.25) is 4.79 Å². The smallest absolute Gasteiger partial charge is 0.221 e. The number of H-pyrrole nitrogens is 1. The van der Waals surface area contributed by atoms with Crippen LogP contribution in [0.3, 0.4) is 0 Å². The van der Waals surface area contributed by atoms with E-state index in [-0.39, 0.29) is 12.2 Å². The maximum absolute atomic E-state index is 14.1. The lowest BCUT2D eigenvalue weighted by Gasteiger charge is -2.06. The van der Waals surface area contributed by atoms with Crippen molar-refractivity contribution in [1.29, 1.82) is 0 Å². The molecule has 1 heterocycles. The lowest BCUT2D eigenvalue weighted by Crippen LogP contribution is -2.14. The van der Waals surface area contributed by atoms with Crippen LogP contribution in [0.1, 0.15) is 16.8 Å². The third-order valence-corrected chi connectivity index (χ3v) is 3.07. The standard InChI is InChI=1S/C13H15FN2O2/c1-6-4-9(18-3)12(14)13-11(6)8(5-10(15)17)7(2)16-13/h4,16H,5H2,1-3H3,(H2,15,17). The van der Waals surface area contributed by atoms with E-state index >= 15 is 0 Å². The average molecular weight is 250 g/mol. The summed E-state index contributed by atoms with van der Waals surface area (Å²) in [6, 6.07) is 1.62. The van der Waals surface area contributed by atoms with Crippen molar-refractivity contribution in [2.45, 2.75) is 20.3 Å². The molecule has 96 valence electrons. The third-order valence-electron chi connectivity index (χ3n) is 3.07. The van der Waals surface area contributed by atoms with E-state index in [0.717, 1.165) is 16.8 Å². The molecule has 1 aromatic carbocycles. The zero-order valence-electron chi connectivity index (χ0n) is 10.6. The molecule has 0 aliphatic carbocycles. The Balaban J connectivity index is 2.79. The summed E-state index contributed by atoms with van der Waals surface area (Å²) in [5.74, 6) is -0.696. The number of carbonyl (C=O) groups is 1. The zero-order valence-corrected chi connectivity index (χ0v) is 10.6. The predicted octanol–water partition coefficient (Wildman–Crippen LogP) is 1.96. The molecule has 0 radical (unpaired) electrons. The number of halogens is 1. The molecule has 0 saturated carbocycles. The van der Waals surface area contributed by atoms with Crippen molar-refractivity contribution in [3.63, 3.8) is 0 Å². The minimum Gasteiger partial charge on any atom is -0.494 e. The van der Waals surface area contributed by atoms with Crippen molar-refractivity contribution in [1.82, 2.24) is 4.98 Å². The van der Waals surface area contributed by atoms with Gasteiger partial charge in [0.05, 0.1) is 19.0 Å². The minimum atomic E-state index is -0.447. The van der Waals surface area contributed by atoms with Crippen LogP contribution in [0.5, 0.6) is 5.75 Å². The summed E-state index contributed by atoms with van der Waals surface area (Å²) in [5.41, 5.74) is 7.92. The summed E-state index contributed by atoms with van der Waals surface area (Å²) in [7, 11) is 1.42. The van der Waals surface area contributed by atoms with Crippen LogP contribution in [0.15, 0.2) is 6.07 Å². The third kappa shape index (κ3) is 1.81. The Morgan fingerprint density at radius 1 is 1.50 bits per heavy atom. The number of hydrogen-bond acceptors (Lipinski definition) is 2. The first-order valence-electron chi connectivity index (χ1n) is 5.58. The molecule has 2 rings (SSSR count). The van der Waals surface area contributed by atoms with Crippen LogP contribution in [0.2, 0.25) is 0 Å². The van der Waals surface area contributed by atoms with Crippen molar-refractivity contribution >= 4 is 16.8 Å². The number of aromatic nitrogens is 1. The van der Waals surface area contributed by atoms with Gasteiger partial charge in [-0.1, -0.05) is 0 Å². The number of hydrogen-bond donors (Lipinski definition) is 2. The Kier molecular flexibility index (Phi) is 2.98. The summed E-state index contributed by atoms with van der Waals surface area (Å²) in [5, 5.41) is 0.713. The molecule has 0 aliphatic heterocycles. The lowest BCUT2D eigenvalue weighted by molar-refractivity contribution is -0.117. The largest absolute Gasteiger partial charge is 0.494 e. The highest BCUT2D eigenvalue weighted by Gasteiger charge is 2.18. The SMILES string of the molecule is COc1cc(C)c2c(CC(N)=O)c(C)[nH]c2c1F. The molecule has 5 heteroatoms. The number of carbonyl (C=O) groups excluding carboxylic acids is 1. The first-order chi connectivity index (χ1) is 8.45. The highest BCUT2D eigenvalue weighted by molar-refractivity contribution is 5.93. The number of amides is 1. The van der Waals surface area contributed by atoms with Crippen LogP contribution < -0.4 is 10.5 Å². The van der Waals surface area contributed by atoms with E-state index in [0.29, 0.717) is 10.9 Å². The fourth-order valence-electron chi connectivity index (χ4n) is 2.26. The van der Waals surface area contributed by atoms with Gasteiger partial charge in [-0.15, -0.1) is 0 Å². The molecule has 1 aromatic heterocycles. The van der Waals surface area contributed by atoms with Gasteiger partial charge >= 0.3 is 0 Å². The molecular formula is C13H15FN2O2. The van der Waals surface area contributed by atoms with Crippen molar-refractivity contribution < 1.29 is 13.9 Å². The summed E-state index contributed by atoms with van der Waals surface area (Å²) < 4.78 is 19.1. The molecule has 0 atom stereocenters. The van der Waals surface area contributed by atoms with Gasteiger partial charge in [0, 0.05) is 11.1 Å². The number of fused-ring (bicyclic) bond motifs is 1. The number of methoxy groups -OCH3 is 1. The summed E-state index contributed by atoms with van der Waals surface area (Å²) in [6.45, 7) is 3.64. The van der Waals surface area contributed by atoms with Gasteiger partial charge < -0.3 is 15.5 Å². The van der Waals surface area contributed by atoms with E-state index in [1.54, 1.807) is 13.0 Å². The minimum absolute atomic E-state index is 0.0957. The van der Waals surface area contributed by atoms with E-state index in [2.05, 4.69) is 4.98 Å². The van der Waals surface area contributed by atoms with Crippen LogP contribution in [0, 0.1) is 19.7 Å². The fourth-order valence-corrected chi connectivity index (χ4v) is 2.26. The summed E-state index contributed by atoms with van der Waals surface area (Å²) in [4.78, 5) is 14.0. The van der Waals surface area contributed by atoms with Crippen LogP contribution in [0.4, 0.5) is 4.39 Å². The second-order valence-corrected chi connectivity index (χ2v) is 4.33. The molecule has 18 heavy (non-hydrogen) atoms. The highest BCUT2D eigenvalue weighted by atomic mass is 19.1. The Bertz CT molecular complexity index is 632. The molecule has 3 N–H and O–H groups in total. The molecule has 0 saturated heterocycles. The van der Waals surface area contributed by atoms with Crippen LogP contribution in [0.25, 0.3) is 10.9 Å². The first kappa shape index (κ1) is 12.4. The number of aromatic amines is 1. The maximum atomic E-state index is 14.1. The highest BCUT2D eigenvalue weighted by Crippen LogP contribution is 2.33. The van der Waals surface area contributed by atoms with Crippen molar-refractivity contribution in [3.8, 4) is 5.75 Å². The van der Waals surface area contributed by atoms with E-state index in [4.69, 9.17) is 10.5 Å². The number of primary amides is 1. The van der Waals surface area contributed by atoms with Gasteiger partial charge in [0.25, 0.3) is 0 Å². The molecule has 0 spiro atoms. The molecule has 4 nitrogen and oxygen atoms in total. The zero-order chi connectivity index (χ0) is 13.4. The van der Waals surface area contributed by atoms with Gasteiger partial charge in [-0.05, 0) is 31.0 Å². The Morgan fingerprint density at radius 3 is 2.72 bits per heavy atom. The van der Waals surface area contributed by atoms with Crippen molar-refractivity contribution in [2.24, 2.45) is 5.73 Å². The number of nitrogens with one attached hydrogen (secondary N) is 1. The van der Waals surface area contributed by atoms with E-state index in [1.165, 1.54) is 7.11 Å². The van der Waals surface area contributed by atoms with Gasteiger partial charge in [-0.25, -0.2) is 4.39 Å². The molecule has 1 amide bonds. The summed E-state index contributed by atoms with van der Waals surface area (Å²) in [6.07, 6.45) is 0.0957. The monoisotopic (exact) mass is 250 g/mol. The molecule has 0 unspecified atom stereocenters. The van der Waals surface area contributed by atoms with Crippen LogP contribution in [-0.2, 0) is 11.2 Å². The van der Waals surface area contributed by atoms with Gasteiger partial charge in [0.1, 0.15) is 0 Å². The quantitative estimate of drug-likeness (QED) is 0.874. The molecule has 2 aromatic rings. The Hall–Kier alpha value is -2.04. The normalized spacial score (nSPS) is 10.9. The number of rotatable bonds is 3. The van der Waals surface area contributed by atoms with Gasteiger partial charge in [0.2, 0.25) is 5.91 Å². The Labute approximate surface area is 104 Å². The van der Waals surface area contributed by atoms with E-state index < -0.39 is 11.7 Å². The van der Waals surface area contributed by atoms with Gasteiger partial charge in [-0.2, -0.15) is 0 Å². The lowest BCUT2D eigenvalue weighted by atomic mass is 10.0. The maximum Gasteiger partial charge on any atom is 0.221 e. The average Bonchev–Trinajstić information content (AvgIpc) is 2.61. The Morgan fingerprint density at radius 2 is 2.17 bits per heavy atom.